The fourth-order valence-electron chi connectivity index (χ4n) is 2.63. The molecule has 24 heavy (non-hydrogen) atoms. The van der Waals surface area contributed by atoms with Crippen LogP contribution in [0.3, 0.4) is 0 Å². The summed E-state index contributed by atoms with van der Waals surface area (Å²) in [6, 6.07) is 5.20. The van der Waals surface area contributed by atoms with Crippen LogP contribution in [0.1, 0.15) is 16.8 Å². The largest absolute Gasteiger partial charge is 0.573 e. The van der Waals surface area contributed by atoms with E-state index in [-0.39, 0.29) is 17.7 Å². The summed E-state index contributed by atoms with van der Waals surface area (Å²) in [5.74, 6) is 1.39. The number of halogens is 3. The molecular weight excluding hydrogens is 341 g/mol. The molecule has 0 aromatic heterocycles. The van der Waals surface area contributed by atoms with E-state index in [1.807, 2.05) is 35.7 Å². The average molecular weight is 362 g/mol. The number of nitrogens with zero attached hydrogens (tertiary/aromatic N) is 2. The molecule has 1 saturated heterocycles. The van der Waals surface area contributed by atoms with Crippen molar-refractivity contribution in [1.82, 2.24) is 9.80 Å². The van der Waals surface area contributed by atoms with Crippen LogP contribution >= 0.6 is 11.8 Å². The van der Waals surface area contributed by atoms with Crippen LogP contribution in [0.4, 0.5) is 13.2 Å². The van der Waals surface area contributed by atoms with Crippen molar-refractivity contribution in [3.05, 3.63) is 29.8 Å². The minimum absolute atomic E-state index is 0.0890. The van der Waals surface area contributed by atoms with Gasteiger partial charge in [-0.25, -0.2) is 0 Å². The van der Waals surface area contributed by atoms with Crippen LogP contribution in [0.15, 0.2) is 24.3 Å². The van der Waals surface area contributed by atoms with Crippen LogP contribution in [-0.4, -0.2) is 66.8 Å². The van der Waals surface area contributed by atoms with Gasteiger partial charge in [0.25, 0.3) is 5.91 Å². The normalized spacial score (nSPS) is 19.2. The van der Waals surface area contributed by atoms with Crippen LogP contribution in [-0.2, 0) is 0 Å². The van der Waals surface area contributed by atoms with Crippen molar-refractivity contribution in [3.8, 4) is 5.75 Å². The molecular formula is C16H21F3N2O2S. The van der Waals surface area contributed by atoms with E-state index >= 15 is 0 Å². The molecule has 1 aliphatic rings. The number of alkyl halides is 3. The van der Waals surface area contributed by atoms with Crippen LogP contribution in [0.5, 0.6) is 5.75 Å². The number of carbonyl (C=O) groups excluding carboxylic acids is 1. The van der Waals surface area contributed by atoms with Crippen molar-refractivity contribution in [2.45, 2.75) is 18.8 Å². The maximum atomic E-state index is 12.8. The van der Waals surface area contributed by atoms with Crippen LogP contribution < -0.4 is 4.74 Å². The molecule has 134 valence electrons. The molecule has 1 amide bonds. The number of hydrogen-bond acceptors (Lipinski definition) is 4. The lowest BCUT2D eigenvalue weighted by Crippen LogP contribution is -2.46. The van der Waals surface area contributed by atoms with Crippen molar-refractivity contribution in [2.75, 3.05) is 38.7 Å². The summed E-state index contributed by atoms with van der Waals surface area (Å²) < 4.78 is 40.5. The Balaban J connectivity index is 2.12. The van der Waals surface area contributed by atoms with Gasteiger partial charge >= 0.3 is 6.36 Å². The van der Waals surface area contributed by atoms with Gasteiger partial charge in [-0.2, -0.15) is 11.8 Å². The summed E-state index contributed by atoms with van der Waals surface area (Å²) in [5.41, 5.74) is 0.375. The topological polar surface area (TPSA) is 32.8 Å². The first kappa shape index (κ1) is 18.9. The van der Waals surface area contributed by atoms with E-state index in [1.54, 1.807) is 0 Å². The Labute approximate surface area is 143 Å². The monoisotopic (exact) mass is 362 g/mol. The lowest BCUT2D eigenvalue weighted by atomic mass is 10.1. The highest BCUT2D eigenvalue weighted by molar-refractivity contribution is 7.99. The Kier molecular flexibility index (Phi) is 6.40. The molecule has 0 spiro atoms. The van der Waals surface area contributed by atoms with Gasteiger partial charge in [0, 0.05) is 24.4 Å². The quantitative estimate of drug-likeness (QED) is 0.824. The molecule has 1 fully saturated rings. The maximum Gasteiger partial charge on any atom is 0.573 e. The number of amides is 1. The summed E-state index contributed by atoms with van der Waals surface area (Å²) in [6.07, 6.45) is -3.82. The number of thioether (sulfide) groups is 1. The smallest absolute Gasteiger partial charge is 0.406 e. The summed E-state index contributed by atoms with van der Waals surface area (Å²) in [5, 5.41) is 0. The van der Waals surface area contributed by atoms with Gasteiger partial charge in [0.05, 0.1) is 6.04 Å². The number of hydrogen-bond donors (Lipinski definition) is 0. The number of ether oxygens (including phenoxy) is 1. The molecule has 1 aromatic carbocycles. The van der Waals surface area contributed by atoms with Gasteiger partial charge in [0.2, 0.25) is 0 Å². The minimum Gasteiger partial charge on any atom is -0.406 e. The molecule has 0 saturated carbocycles. The highest BCUT2D eigenvalue weighted by Crippen LogP contribution is 2.24. The summed E-state index contributed by atoms with van der Waals surface area (Å²) in [7, 11) is 3.92. The fourth-order valence-corrected chi connectivity index (χ4v) is 3.69. The van der Waals surface area contributed by atoms with E-state index in [0.29, 0.717) is 12.1 Å². The van der Waals surface area contributed by atoms with Gasteiger partial charge in [-0.3, -0.25) is 4.79 Å². The van der Waals surface area contributed by atoms with E-state index in [9.17, 15) is 18.0 Å². The van der Waals surface area contributed by atoms with Gasteiger partial charge in [-0.1, -0.05) is 0 Å². The van der Waals surface area contributed by atoms with E-state index in [1.165, 1.54) is 24.3 Å². The number of carbonyl (C=O) groups is 1. The van der Waals surface area contributed by atoms with E-state index in [2.05, 4.69) is 4.74 Å². The predicted octanol–water partition coefficient (Wildman–Crippen LogP) is 3.09. The zero-order chi connectivity index (χ0) is 17.7. The molecule has 0 N–H and O–H groups in total. The van der Waals surface area contributed by atoms with E-state index in [4.69, 9.17) is 0 Å². The second-order valence-electron chi connectivity index (χ2n) is 5.92. The second-order valence-corrected chi connectivity index (χ2v) is 7.07. The third kappa shape index (κ3) is 5.59. The second kappa shape index (κ2) is 8.11. The maximum absolute atomic E-state index is 12.8. The zero-order valence-corrected chi connectivity index (χ0v) is 14.5. The molecule has 4 nitrogen and oxygen atoms in total. The molecule has 1 aromatic rings. The lowest BCUT2D eigenvalue weighted by Gasteiger charge is -2.31. The van der Waals surface area contributed by atoms with E-state index < -0.39 is 6.36 Å². The van der Waals surface area contributed by atoms with E-state index in [0.717, 1.165) is 24.5 Å². The van der Waals surface area contributed by atoms with Gasteiger partial charge < -0.3 is 14.5 Å². The molecule has 0 bridgehead atoms. The molecule has 1 unspecified atom stereocenters. The summed E-state index contributed by atoms with van der Waals surface area (Å²) in [4.78, 5) is 16.6. The molecule has 2 rings (SSSR count). The first-order chi connectivity index (χ1) is 11.3. The molecule has 8 heteroatoms. The van der Waals surface area contributed by atoms with Gasteiger partial charge in [0.15, 0.2) is 0 Å². The summed E-state index contributed by atoms with van der Waals surface area (Å²) >= 11 is 1.83. The third-order valence-corrected chi connectivity index (χ3v) is 4.81. The van der Waals surface area contributed by atoms with Crippen LogP contribution in [0.2, 0.25) is 0 Å². The Bertz CT molecular complexity index is 549. The number of benzene rings is 1. The predicted molar refractivity (Wildman–Crippen MR) is 88.4 cm³/mol. The molecule has 1 aliphatic heterocycles. The van der Waals surface area contributed by atoms with Gasteiger partial charge in [-0.05, 0) is 50.5 Å². The molecule has 1 atom stereocenters. The number of likely N-dealkylation sites (N-methyl/N-ethyl adjacent to an activating group) is 1. The Hall–Kier alpha value is -1.41. The first-order valence-electron chi connectivity index (χ1n) is 7.65. The average Bonchev–Trinajstić information content (AvgIpc) is 2.70. The van der Waals surface area contributed by atoms with Crippen LogP contribution in [0.25, 0.3) is 0 Å². The highest BCUT2D eigenvalue weighted by atomic mass is 32.2. The van der Waals surface area contributed by atoms with Crippen molar-refractivity contribution in [1.29, 1.82) is 0 Å². The SMILES string of the molecule is CN(C)CC1CSCCCN1C(=O)c1ccc(OC(F)(F)F)cc1. The van der Waals surface area contributed by atoms with Crippen LogP contribution in [0, 0.1) is 0 Å². The molecule has 0 aliphatic carbocycles. The third-order valence-electron chi connectivity index (χ3n) is 3.61. The van der Waals surface area contributed by atoms with Crippen molar-refractivity contribution in [2.24, 2.45) is 0 Å². The Morgan fingerprint density at radius 3 is 2.58 bits per heavy atom. The van der Waals surface area contributed by atoms with Gasteiger partial charge in [0.1, 0.15) is 5.75 Å². The summed E-state index contributed by atoms with van der Waals surface area (Å²) in [6.45, 7) is 1.42. The number of rotatable bonds is 4. The van der Waals surface area contributed by atoms with Crippen molar-refractivity contribution in [3.63, 3.8) is 0 Å². The molecule has 0 radical (unpaired) electrons. The van der Waals surface area contributed by atoms with Crippen molar-refractivity contribution < 1.29 is 22.7 Å². The zero-order valence-electron chi connectivity index (χ0n) is 13.7. The van der Waals surface area contributed by atoms with Gasteiger partial charge in [-0.15, -0.1) is 13.2 Å². The minimum atomic E-state index is -4.73. The first-order valence-corrected chi connectivity index (χ1v) is 8.81. The molecule has 1 heterocycles. The fraction of sp³-hybridized carbons (Fsp3) is 0.562. The lowest BCUT2D eigenvalue weighted by molar-refractivity contribution is -0.274. The van der Waals surface area contributed by atoms with Crippen molar-refractivity contribution >= 4 is 17.7 Å². The highest BCUT2D eigenvalue weighted by Gasteiger charge is 2.31. The standard InChI is InChI=1S/C16H21F3N2O2S/c1-20(2)10-13-11-24-9-3-8-21(13)15(22)12-4-6-14(7-5-12)23-16(17,18)19/h4-7,13H,3,8-11H2,1-2H3. The Morgan fingerprint density at radius 2 is 2.00 bits per heavy atom. The Morgan fingerprint density at radius 1 is 1.33 bits per heavy atom.